The van der Waals surface area contributed by atoms with Crippen LogP contribution in [0.25, 0.3) is 11.5 Å². The first-order valence-electron chi connectivity index (χ1n) is 11.7. The van der Waals surface area contributed by atoms with Crippen LogP contribution in [0.4, 0.5) is 0 Å². The summed E-state index contributed by atoms with van der Waals surface area (Å²) in [6.45, 7) is 2.34. The summed E-state index contributed by atoms with van der Waals surface area (Å²) in [5, 5.41) is 0. The molecule has 0 spiro atoms. The molecule has 11 heteroatoms. The summed E-state index contributed by atoms with van der Waals surface area (Å²) in [6.07, 6.45) is 2.28. The Morgan fingerprint density at radius 3 is 1.38 bits per heavy atom. The Hall–Kier alpha value is -4.12. The number of hydrogen-bond donors (Lipinski definition) is 0. The highest BCUT2D eigenvalue weighted by molar-refractivity contribution is 5.92. The minimum atomic E-state index is -0.717. The Labute approximate surface area is 212 Å². The third kappa shape index (κ3) is 8.21. The number of ether oxygens (including phenoxy) is 4. The maximum absolute atomic E-state index is 12.2. The number of carbonyl (C=O) groups excluding carboxylic acids is 4. The van der Waals surface area contributed by atoms with E-state index >= 15 is 0 Å². The van der Waals surface area contributed by atoms with E-state index in [9.17, 15) is 19.2 Å². The number of hydrogen-bond acceptors (Lipinski definition) is 11. The SMILES string of the molecule is COCCCCOC(=O)c1ccc(C(=O)OCCCCOC(=O)c2ccc(-c3ccc(C(C)=O)o3)o2)o1. The molecule has 0 aliphatic carbocycles. The normalized spacial score (nSPS) is 10.8. The Kier molecular flexibility index (Phi) is 10.3. The van der Waals surface area contributed by atoms with Gasteiger partial charge in [0.15, 0.2) is 23.1 Å². The molecule has 3 aromatic rings. The molecule has 0 aliphatic heterocycles. The summed E-state index contributed by atoms with van der Waals surface area (Å²) in [4.78, 5) is 47.5. The van der Waals surface area contributed by atoms with Crippen molar-refractivity contribution in [2.75, 3.05) is 33.5 Å². The highest BCUT2D eigenvalue weighted by atomic mass is 16.6. The molecule has 0 N–H and O–H groups in total. The largest absolute Gasteiger partial charge is 0.460 e. The molecule has 0 bridgehead atoms. The van der Waals surface area contributed by atoms with E-state index in [0.29, 0.717) is 37.4 Å². The molecular formula is C26H28O11. The molecule has 3 aromatic heterocycles. The monoisotopic (exact) mass is 516 g/mol. The van der Waals surface area contributed by atoms with Crippen molar-refractivity contribution in [1.29, 1.82) is 0 Å². The van der Waals surface area contributed by atoms with E-state index in [0.717, 1.165) is 6.42 Å². The zero-order chi connectivity index (χ0) is 26.6. The van der Waals surface area contributed by atoms with Crippen molar-refractivity contribution < 1.29 is 51.4 Å². The molecule has 0 saturated heterocycles. The van der Waals surface area contributed by atoms with E-state index < -0.39 is 17.9 Å². The highest BCUT2D eigenvalue weighted by Crippen LogP contribution is 2.25. The lowest BCUT2D eigenvalue weighted by atomic mass is 10.3. The number of methoxy groups -OCH3 is 1. The van der Waals surface area contributed by atoms with Crippen molar-refractivity contribution in [3.05, 3.63) is 59.4 Å². The van der Waals surface area contributed by atoms with Gasteiger partial charge < -0.3 is 32.2 Å². The Balaban J connectivity index is 1.31. The van der Waals surface area contributed by atoms with E-state index in [1.807, 2.05) is 0 Å². The van der Waals surface area contributed by atoms with Crippen molar-refractivity contribution in [2.24, 2.45) is 0 Å². The lowest BCUT2D eigenvalue weighted by Crippen LogP contribution is -2.09. The average Bonchev–Trinajstić information content (AvgIpc) is 3.66. The van der Waals surface area contributed by atoms with Gasteiger partial charge in [0.05, 0.1) is 19.8 Å². The molecule has 0 atom stereocenters. The molecule has 0 fully saturated rings. The van der Waals surface area contributed by atoms with Crippen LogP contribution in [0.2, 0.25) is 0 Å². The fourth-order valence-electron chi connectivity index (χ4n) is 3.06. The standard InChI is InChI=1S/C26H28O11/c1-17(27)18-7-8-19(35-18)20-9-10-21(36-20)24(28)33-15-5-6-16-34-26(30)23-12-11-22(37-23)25(29)32-14-4-3-13-31-2/h7-12H,3-6,13-16H2,1-2H3. The van der Waals surface area contributed by atoms with Crippen LogP contribution in [0.1, 0.15) is 74.8 Å². The molecule has 0 aliphatic rings. The van der Waals surface area contributed by atoms with Crippen molar-refractivity contribution >= 4 is 23.7 Å². The van der Waals surface area contributed by atoms with Crippen LogP contribution in [0.5, 0.6) is 0 Å². The van der Waals surface area contributed by atoms with Crippen molar-refractivity contribution in [3.8, 4) is 11.5 Å². The lowest BCUT2D eigenvalue weighted by molar-refractivity contribution is 0.0384. The number of ketones is 1. The van der Waals surface area contributed by atoms with E-state index in [2.05, 4.69) is 0 Å². The van der Waals surface area contributed by atoms with Gasteiger partial charge in [0.1, 0.15) is 0 Å². The minimum Gasteiger partial charge on any atom is -0.460 e. The second-order valence-corrected chi connectivity index (χ2v) is 7.86. The molecule has 0 unspecified atom stereocenters. The van der Waals surface area contributed by atoms with Gasteiger partial charge in [-0.15, -0.1) is 0 Å². The minimum absolute atomic E-state index is 0.00988. The summed E-state index contributed by atoms with van der Waals surface area (Å²) in [7, 11) is 1.60. The summed E-state index contributed by atoms with van der Waals surface area (Å²) in [5.74, 6) is -1.65. The van der Waals surface area contributed by atoms with Gasteiger partial charge in [0.2, 0.25) is 17.3 Å². The zero-order valence-corrected chi connectivity index (χ0v) is 20.6. The van der Waals surface area contributed by atoms with Gasteiger partial charge in [-0.3, -0.25) is 4.79 Å². The van der Waals surface area contributed by atoms with Crippen LogP contribution in [0.15, 0.2) is 49.6 Å². The van der Waals surface area contributed by atoms with E-state index in [-0.39, 0.29) is 48.6 Å². The van der Waals surface area contributed by atoms with Crippen LogP contribution >= 0.6 is 0 Å². The number of rotatable bonds is 15. The molecule has 3 rings (SSSR count). The van der Waals surface area contributed by atoms with Gasteiger partial charge >= 0.3 is 17.9 Å². The Morgan fingerprint density at radius 2 is 0.946 bits per heavy atom. The van der Waals surface area contributed by atoms with E-state index in [1.165, 1.54) is 31.2 Å². The third-order valence-corrected chi connectivity index (χ3v) is 4.99. The first-order valence-corrected chi connectivity index (χ1v) is 11.7. The molecule has 3 heterocycles. The van der Waals surface area contributed by atoms with E-state index in [1.54, 1.807) is 19.2 Å². The number of unbranched alkanes of at least 4 members (excludes halogenated alkanes) is 2. The quantitative estimate of drug-likeness (QED) is 0.120. The predicted molar refractivity (Wildman–Crippen MR) is 126 cm³/mol. The Bertz CT molecular complexity index is 1200. The predicted octanol–water partition coefficient (Wildman–Crippen LogP) is 4.71. The highest BCUT2D eigenvalue weighted by Gasteiger charge is 2.19. The second-order valence-electron chi connectivity index (χ2n) is 7.86. The first kappa shape index (κ1) is 27.5. The van der Waals surface area contributed by atoms with Gasteiger partial charge in [-0.25, -0.2) is 14.4 Å². The molecule has 37 heavy (non-hydrogen) atoms. The molecular weight excluding hydrogens is 488 g/mol. The molecule has 0 aromatic carbocycles. The van der Waals surface area contributed by atoms with Crippen LogP contribution in [0, 0.1) is 0 Å². The van der Waals surface area contributed by atoms with Crippen molar-refractivity contribution in [1.82, 2.24) is 0 Å². The summed E-state index contributed by atoms with van der Waals surface area (Å²) in [5.41, 5.74) is 0. The number of carbonyl (C=O) groups is 4. The van der Waals surface area contributed by atoms with Crippen LogP contribution in [0.3, 0.4) is 0 Å². The molecule has 0 amide bonds. The zero-order valence-electron chi connectivity index (χ0n) is 20.6. The van der Waals surface area contributed by atoms with Crippen LogP contribution < -0.4 is 0 Å². The summed E-state index contributed by atoms with van der Waals surface area (Å²) >= 11 is 0. The third-order valence-electron chi connectivity index (χ3n) is 4.99. The molecule has 198 valence electrons. The number of Topliss-reactive ketones (excluding diaryl/α,β-unsaturated/α-hetero) is 1. The Morgan fingerprint density at radius 1 is 0.568 bits per heavy atom. The summed E-state index contributed by atoms with van der Waals surface area (Å²) in [6, 6.07) is 8.78. The number of esters is 3. The van der Waals surface area contributed by atoms with Gasteiger partial charge in [0.25, 0.3) is 0 Å². The van der Waals surface area contributed by atoms with Gasteiger partial charge in [0, 0.05) is 20.6 Å². The van der Waals surface area contributed by atoms with Crippen LogP contribution in [-0.4, -0.2) is 57.2 Å². The van der Waals surface area contributed by atoms with E-state index in [4.69, 9.17) is 32.2 Å². The number of furan rings is 3. The smallest absolute Gasteiger partial charge is 0.374 e. The van der Waals surface area contributed by atoms with Crippen LogP contribution in [-0.2, 0) is 18.9 Å². The maximum Gasteiger partial charge on any atom is 0.374 e. The summed E-state index contributed by atoms with van der Waals surface area (Å²) < 4.78 is 36.3. The lowest BCUT2D eigenvalue weighted by Gasteiger charge is -2.04. The average molecular weight is 516 g/mol. The molecule has 11 nitrogen and oxygen atoms in total. The fraction of sp³-hybridized carbons (Fsp3) is 0.385. The van der Waals surface area contributed by atoms with Gasteiger partial charge in [-0.2, -0.15) is 0 Å². The van der Waals surface area contributed by atoms with Crippen molar-refractivity contribution in [3.63, 3.8) is 0 Å². The maximum atomic E-state index is 12.2. The van der Waals surface area contributed by atoms with Crippen molar-refractivity contribution in [2.45, 2.75) is 32.6 Å². The fourth-order valence-corrected chi connectivity index (χ4v) is 3.06. The van der Waals surface area contributed by atoms with Gasteiger partial charge in [-0.1, -0.05) is 0 Å². The first-order chi connectivity index (χ1) is 17.9. The van der Waals surface area contributed by atoms with Gasteiger partial charge in [-0.05, 0) is 62.1 Å². The molecule has 0 radical (unpaired) electrons. The second kappa shape index (κ2) is 13.8. The molecule has 0 saturated carbocycles. The topological polar surface area (TPSA) is 145 Å².